The molecule has 2 aliphatic heterocycles. The summed E-state index contributed by atoms with van der Waals surface area (Å²) in [6, 6.07) is -0.505. The molecule has 7 nitrogen and oxygen atoms in total. The summed E-state index contributed by atoms with van der Waals surface area (Å²) in [5.41, 5.74) is -0.926. The largest absolute Gasteiger partial charge is 0.354 e. The topological polar surface area (TPSA) is 90.5 Å². The van der Waals surface area contributed by atoms with Crippen molar-refractivity contribution in [3.8, 4) is 0 Å². The van der Waals surface area contributed by atoms with E-state index in [1.165, 1.54) is 0 Å². The van der Waals surface area contributed by atoms with Gasteiger partial charge in [0.25, 0.3) is 5.91 Å². The van der Waals surface area contributed by atoms with Crippen LogP contribution in [0.4, 0.5) is 4.79 Å². The number of piperidine rings is 1. The quantitative estimate of drug-likeness (QED) is 0.602. The molecule has 112 valence electrons. The fraction of sp³-hybridized carbons (Fsp3) is 0.769. The smallest absolute Gasteiger partial charge is 0.325 e. The molecule has 0 radical (unpaired) electrons. The fourth-order valence-corrected chi connectivity index (χ4v) is 2.52. The van der Waals surface area contributed by atoms with Crippen LogP contribution in [0.1, 0.15) is 26.7 Å². The van der Waals surface area contributed by atoms with Crippen LogP contribution in [0, 0.1) is 5.92 Å². The molecule has 3 N–H and O–H groups in total. The van der Waals surface area contributed by atoms with E-state index in [1.807, 2.05) is 0 Å². The van der Waals surface area contributed by atoms with Gasteiger partial charge in [-0.2, -0.15) is 0 Å². The highest BCUT2D eigenvalue weighted by atomic mass is 16.2. The van der Waals surface area contributed by atoms with Crippen LogP contribution < -0.4 is 16.0 Å². The Morgan fingerprint density at radius 3 is 2.75 bits per heavy atom. The van der Waals surface area contributed by atoms with E-state index in [9.17, 15) is 14.4 Å². The molecule has 2 rings (SSSR count). The van der Waals surface area contributed by atoms with Gasteiger partial charge in [0.05, 0.1) is 0 Å². The van der Waals surface area contributed by atoms with Gasteiger partial charge in [-0.25, -0.2) is 4.79 Å². The molecule has 0 aromatic carbocycles. The molecule has 2 fully saturated rings. The molecule has 0 bridgehead atoms. The minimum absolute atomic E-state index is 0.214. The average molecular weight is 282 g/mol. The lowest BCUT2D eigenvalue weighted by Gasteiger charge is -2.23. The van der Waals surface area contributed by atoms with Gasteiger partial charge in [-0.1, -0.05) is 0 Å². The number of carbonyl (C=O) groups is 3. The molecule has 1 unspecified atom stereocenters. The maximum atomic E-state index is 11.9. The SMILES string of the molecule is CC1(C)NC(=O)N(CC(=O)NCC2CCCNC2)C1=O. The third kappa shape index (κ3) is 3.27. The molecular weight excluding hydrogens is 260 g/mol. The summed E-state index contributed by atoms with van der Waals surface area (Å²) in [4.78, 5) is 36.4. The Labute approximate surface area is 118 Å². The van der Waals surface area contributed by atoms with Crippen molar-refractivity contribution in [3.05, 3.63) is 0 Å². The van der Waals surface area contributed by atoms with E-state index in [2.05, 4.69) is 16.0 Å². The lowest BCUT2D eigenvalue weighted by molar-refractivity contribution is -0.134. The molecule has 7 heteroatoms. The van der Waals surface area contributed by atoms with E-state index >= 15 is 0 Å². The van der Waals surface area contributed by atoms with Crippen LogP contribution in [0.2, 0.25) is 0 Å². The summed E-state index contributed by atoms with van der Waals surface area (Å²) >= 11 is 0. The van der Waals surface area contributed by atoms with Crippen LogP contribution in [0.5, 0.6) is 0 Å². The standard InChI is InChI=1S/C13H22N4O3/c1-13(2)11(19)17(12(20)16-13)8-10(18)15-7-9-4-3-5-14-6-9/h9,14H,3-8H2,1-2H3,(H,15,18)(H,16,20). The normalized spacial score (nSPS) is 25.5. The number of imide groups is 1. The van der Waals surface area contributed by atoms with Crippen molar-refractivity contribution in [2.45, 2.75) is 32.2 Å². The maximum Gasteiger partial charge on any atom is 0.325 e. The predicted molar refractivity (Wildman–Crippen MR) is 72.9 cm³/mol. The zero-order valence-electron chi connectivity index (χ0n) is 12.0. The van der Waals surface area contributed by atoms with E-state index in [0.717, 1.165) is 30.8 Å². The molecule has 4 amide bonds. The minimum Gasteiger partial charge on any atom is -0.354 e. The van der Waals surface area contributed by atoms with Crippen molar-refractivity contribution in [2.75, 3.05) is 26.2 Å². The second-order valence-corrected chi connectivity index (χ2v) is 5.96. The van der Waals surface area contributed by atoms with E-state index < -0.39 is 11.6 Å². The van der Waals surface area contributed by atoms with Gasteiger partial charge in [0.15, 0.2) is 0 Å². The molecule has 20 heavy (non-hydrogen) atoms. The molecule has 2 saturated heterocycles. The lowest BCUT2D eigenvalue weighted by Crippen LogP contribution is -2.45. The Hall–Kier alpha value is -1.63. The highest BCUT2D eigenvalue weighted by molar-refractivity contribution is 6.08. The van der Waals surface area contributed by atoms with Gasteiger partial charge in [0, 0.05) is 6.54 Å². The Kier molecular flexibility index (Phi) is 4.27. The Morgan fingerprint density at radius 2 is 2.20 bits per heavy atom. The lowest BCUT2D eigenvalue weighted by atomic mass is 10.00. The Bertz CT molecular complexity index is 416. The van der Waals surface area contributed by atoms with E-state index in [1.54, 1.807) is 13.8 Å². The van der Waals surface area contributed by atoms with Crippen LogP contribution in [0.3, 0.4) is 0 Å². The van der Waals surface area contributed by atoms with Crippen molar-refractivity contribution >= 4 is 17.8 Å². The fourth-order valence-electron chi connectivity index (χ4n) is 2.52. The maximum absolute atomic E-state index is 11.9. The number of nitrogens with one attached hydrogen (secondary N) is 3. The van der Waals surface area contributed by atoms with Gasteiger partial charge in [-0.3, -0.25) is 14.5 Å². The van der Waals surface area contributed by atoms with E-state index in [4.69, 9.17) is 0 Å². The van der Waals surface area contributed by atoms with E-state index in [-0.39, 0.29) is 18.4 Å². The van der Waals surface area contributed by atoms with Crippen LogP contribution in [-0.4, -0.2) is 54.5 Å². The number of amides is 4. The number of rotatable bonds is 4. The first-order chi connectivity index (χ1) is 9.40. The highest BCUT2D eigenvalue weighted by Gasteiger charge is 2.44. The van der Waals surface area contributed by atoms with Gasteiger partial charge in [0.1, 0.15) is 12.1 Å². The minimum atomic E-state index is -0.926. The van der Waals surface area contributed by atoms with Gasteiger partial charge in [-0.15, -0.1) is 0 Å². The molecule has 2 aliphatic rings. The van der Waals surface area contributed by atoms with Crippen LogP contribution >= 0.6 is 0 Å². The Morgan fingerprint density at radius 1 is 1.45 bits per heavy atom. The monoisotopic (exact) mass is 282 g/mol. The second kappa shape index (κ2) is 5.78. The van der Waals surface area contributed by atoms with Crippen LogP contribution in [0.25, 0.3) is 0 Å². The van der Waals surface area contributed by atoms with Gasteiger partial charge in [0.2, 0.25) is 5.91 Å². The number of carbonyl (C=O) groups excluding carboxylic acids is 3. The number of nitrogens with zero attached hydrogens (tertiary/aromatic N) is 1. The molecule has 0 spiro atoms. The number of urea groups is 1. The molecule has 0 aromatic heterocycles. The van der Waals surface area contributed by atoms with Crippen molar-refractivity contribution in [1.82, 2.24) is 20.9 Å². The zero-order chi connectivity index (χ0) is 14.8. The van der Waals surface area contributed by atoms with E-state index in [0.29, 0.717) is 12.5 Å². The summed E-state index contributed by atoms with van der Waals surface area (Å²) in [5.74, 6) is -0.235. The summed E-state index contributed by atoms with van der Waals surface area (Å²) < 4.78 is 0. The summed E-state index contributed by atoms with van der Waals surface area (Å²) in [5, 5.41) is 8.62. The first-order valence-corrected chi connectivity index (χ1v) is 7.01. The third-order valence-corrected chi connectivity index (χ3v) is 3.73. The highest BCUT2D eigenvalue weighted by Crippen LogP contribution is 2.16. The number of hydrogen-bond donors (Lipinski definition) is 3. The molecular formula is C13H22N4O3. The average Bonchev–Trinajstić information content (AvgIpc) is 2.60. The molecule has 1 atom stereocenters. The Balaban J connectivity index is 1.79. The third-order valence-electron chi connectivity index (χ3n) is 3.73. The van der Waals surface area contributed by atoms with Crippen molar-refractivity contribution in [3.63, 3.8) is 0 Å². The van der Waals surface area contributed by atoms with Gasteiger partial charge < -0.3 is 16.0 Å². The van der Waals surface area contributed by atoms with Gasteiger partial charge >= 0.3 is 6.03 Å². The molecule has 0 aliphatic carbocycles. The molecule has 0 saturated carbocycles. The second-order valence-electron chi connectivity index (χ2n) is 5.96. The van der Waals surface area contributed by atoms with Gasteiger partial charge in [-0.05, 0) is 45.7 Å². The summed E-state index contributed by atoms with van der Waals surface area (Å²) in [6.45, 7) is 5.54. The van der Waals surface area contributed by atoms with Crippen molar-refractivity contribution in [1.29, 1.82) is 0 Å². The molecule has 0 aromatic rings. The van der Waals surface area contributed by atoms with Crippen molar-refractivity contribution < 1.29 is 14.4 Å². The first-order valence-electron chi connectivity index (χ1n) is 7.01. The first kappa shape index (κ1) is 14.8. The van der Waals surface area contributed by atoms with Crippen LogP contribution in [0.15, 0.2) is 0 Å². The number of hydrogen-bond acceptors (Lipinski definition) is 4. The van der Waals surface area contributed by atoms with Crippen molar-refractivity contribution in [2.24, 2.45) is 5.92 Å². The summed E-state index contributed by atoms with van der Waals surface area (Å²) in [7, 11) is 0. The summed E-state index contributed by atoms with van der Waals surface area (Å²) in [6.07, 6.45) is 2.20. The predicted octanol–water partition coefficient (Wildman–Crippen LogP) is -0.567. The zero-order valence-corrected chi connectivity index (χ0v) is 12.0. The molecule has 2 heterocycles. The van der Waals surface area contributed by atoms with Crippen LogP contribution in [-0.2, 0) is 9.59 Å².